The highest BCUT2D eigenvalue weighted by Crippen LogP contribution is 2.40. The average molecular weight is 455 g/mol. The maximum absolute atomic E-state index is 12.8. The Bertz CT molecular complexity index is 1100. The van der Waals surface area contributed by atoms with Crippen LogP contribution in [0.5, 0.6) is 0 Å². The molecule has 0 radical (unpaired) electrons. The van der Waals surface area contributed by atoms with Crippen molar-refractivity contribution in [1.82, 2.24) is 10.2 Å². The number of aromatic nitrogens is 2. The van der Waals surface area contributed by atoms with Crippen molar-refractivity contribution in [1.29, 1.82) is 0 Å². The molecule has 0 saturated carbocycles. The lowest BCUT2D eigenvalue weighted by molar-refractivity contribution is -0.388. The normalized spacial score (nSPS) is 11.2. The predicted octanol–water partition coefficient (Wildman–Crippen LogP) is 5.32. The van der Waals surface area contributed by atoms with Crippen LogP contribution in [0.25, 0.3) is 0 Å². The van der Waals surface area contributed by atoms with Crippen LogP contribution >= 0.6 is 23.1 Å². The summed E-state index contributed by atoms with van der Waals surface area (Å²) in [6, 6.07) is 9.15. The van der Waals surface area contributed by atoms with E-state index >= 15 is 0 Å². The second kappa shape index (κ2) is 8.67. The van der Waals surface area contributed by atoms with Crippen LogP contribution < -0.4 is 10.6 Å². The monoisotopic (exact) mass is 455 g/mol. The van der Waals surface area contributed by atoms with Gasteiger partial charge in [0.05, 0.1) is 15.4 Å². The molecule has 3 aromatic rings. The third-order valence-corrected chi connectivity index (χ3v) is 5.48. The van der Waals surface area contributed by atoms with E-state index in [1.165, 1.54) is 6.92 Å². The maximum Gasteiger partial charge on any atom is 0.416 e. The predicted molar refractivity (Wildman–Crippen MR) is 106 cm³/mol. The lowest BCUT2D eigenvalue weighted by Gasteiger charge is -2.07. The number of anilines is 3. The van der Waals surface area contributed by atoms with Gasteiger partial charge in [-0.2, -0.15) is 13.2 Å². The molecule has 1 amide bonds. The van der Waals surface area contributed by atoms with Gasteiger partial charge in [0.15, 0.2) is 4.34 Å². The van der Waals surface area contributed by atoms with Gasteiger partial charge in [-0.1, -0.05) is 17.4 Å². The van der Waals surface area contributed by atoms with Crippen molar-refractivity contribution in [2.75, 3.05) is 10.6 Å². The zero-order chi connectivity index (χ0) is 21.9. The Balaban J connectivity index is 1.77. The molecule has 156 valence electrons. The zero-order valence-electron chi connectivity index (χ0n) is 15.1. The molecule has 0 spiro atoms. The summed E-state index contributed by atoms with van der Waals surface area (Å²) >= 11 is 1.91. The number of hydrogen-bond acceptors (Lipinski definition) is 8. The number of amides is 1. The molecule has 0 unspecified atom stereocenters. The molecule has 0 aliphatic carbocycles. The van der Waals surface area contributed by atoms with E-state index in [1.807, 2.05) is 0 Å². The number of rotatable bonds is 6. The molecule has 8 nitrogen and oxygen atoms in total. The zero-order valence-corrected chi connectivity index (χ0v) is 16.7. The fourth-order valence-corrected chi connectivity index (χ4v) is 4.13. The summed E-state index contributed by atoms with van der Waals surface area (Å²) in [6.07, 6.45) is -4.68. The standard InChI is InChI=1S/C17H12F3N5O3S2/c1-9(26)21-11-3-2-4-12(8-11)22-15-23-24-16(30-15)29-14-6-5-10(17(18,19)20)7-13(14)25(27)28/h2-8H,1H3,(H,21,26)(H,22,23). The number of nitro groups is 1. The van der Waals surface area contributed by atoms with Gasteiger partial charge < -0.3 is 10.6 Å². The molecule has 0 atom stereocenters. The Morgan fingerprint density at radius 3 is 2.57 bits per heavy atom. The maximum atomic E-state index is 12.8. The molecule has 0 bridgehead atoms. The van der Waals surface area contributed by atoms with Gasteiger partial charge in [0, 0.05) is 24.4 Å². The van der Waals surface area contributed by atoms with Crippen LogP contribution in [0.1, 0.15) is 12.5 Å². The summed E-state index contributed by atoms with van der Waals surface area (Å²) in [5.74, 6) is -0.222. The minimum atomic E-state index is -4.68. The van der Waals surface area contributed by atoms with E-state index in [0.29, 0.717) is 26.9 Å². The number of carbonyl (C=O) groups excluding carboxylic acids is 1. The average Bonchev–Trinajstić information content (AvgIpc) is 3.07. The Morgan fingerprint density at radius 1 is 1.17 bits per heavy atom. The van der Waals surface area contributed by atoms with Crippen LogP contribution in [-0.4, -0.2) is 21.0 Å². The first-order valence-corrected chi connectivity index (χ1v) is 9.77. The smallest absolute Gasteiger partial charge is 0.330 e. The number of carbonyl (C=O) groups is 1. The highest BCUT2D eigenvalue weighted by atomic mass is 32.2. The summed E-state index contributed by atoms with van der Waals surface area (Å²) in [6.45, 7) is 1.38. The van der Waals surface area contributed by atoms with E-state index in [0.717, 1.165) is 35.2 Å². The first kappa shape index (κ1) is 21.5. The van der Waals surface area contributed by atoms with Crippen LogP contribution in [0, 0.1) is 10.1 Å². The molecule has 0 aliphatic rings. The van der Waals surface area contributed by atoms with Crippen LogP contribution in [0.15, 0.2) is 51.7 Å². The minimum absolute atomic E-state index is 0.0170. The van der Waals surface area contributed by atoms with E-state index in [2.05, 4.69) is 20.8 Å². The molecule has 2 N–H and O–H groups in total. The van der Waals surface area contributed by atoms with Crippen molar-refractivity contribution in [2.24, 2.45) is 0 Å². The van der Waals surface area contributed by atoms with Crippen LogP contribution in [0.4, 0.5) is 35.4 Å². The third-order valence-electron chi connectivity index (χ3n) is 3.52. The molecule has 0 saturated heterocycles. The third kappa shape index (κ3) is 5.45. The summed E-state index contributed by atoms with van der Waals surface area (Å²) < 4.78 is 38.8. The fraction of sp³-hybridized carbons (Fsp3) is 0.118. The number of nitro benzene ring substituents is 1. The number of halogens is 3. The molecule has 1 heterocycles. The Hall–Kier alpha value is -3.19. The van der Waals surface area contributed by atoms with E-state index in [4.69, 9.17) is 0 Å². The van der Waals surface area contributed by atoms with Crippen LogP contribution in [0.3, 0.4) is 0 Å². The molecule has 2 aromatic carbocycles. The van der Waals surface area contributed by atoms with Crippen molar-refractivity contribution < 1.29 is 22.9 Å². The van der Waals surface area contributed by atoms with Gasteiger partial charge in [0.2, 0.25) is 11.0 Å². The molecule has 1 aromatic heterocycles. The van der Waals surface area contributed by atoms with Crippen LogP contribution in [0.2, 0.25) is 0 Å². The highest BCUT2D eigenvalue weighted by molar-refractivity contribution is 8.01. The SMILES string of the molecule is CC(=O)Nc1cccc(Nc2nnc(Sc3ccc(C(F)(F)F)cc3[N+](=O)[O-])s2)c1. The van der Waals surface area contributed by atoms with Crippen LogP contribution in [-0.2, 0) is 11.0 Å². The quantitative estimate of drug-likeness (QED) is 0.382. The summed E-state index contributed by atoms with van der Waals surface area (Å²) in [5, 5.41) is 25.0. The Labute approximate surface area is 175 Å². The number of benzene rings is 2. The minimum Gasteiger partial charge on any atom is -0.330 e. The van der Waals surface area contributed by atoms with Gasteiger partial charge in [0.25, 0.3) is 5.69 Å². The van der Waals surface area contributed by atoms with E-state index in [9.17, 15) is 28.1 Å². The summed E-state index contributed by atoms with van der Waals surface area (Å²) in [4.78, 5) is 21.5. The van der Waals surface area contributed by atoms with E-state index in [-0.39, 0.29) is 10.8 Å². The van der Waals surface area contributed by atoms with Crippen molar-refractivity contribution in [3.8, 4) is 0 Å². The topological polar surface area (TPSA) is 110 Å². The number of nitrogens with one attached hydrogen (secondary N) is 2. The second-order valence-electron chi connectivity index (χ2n) is 5.80. The molecule has 0 fully saturated rings. The molecular weight excluding hydrogens is 443 g/mol. The van der Waals surface area contributed by atoms with Crippen molar-refractivity contribution in [2.45, 2.75) is 22.3 Å². The van der Waals surface area contributed by atoms with Crippen molar-refractivity contribution >= 4 is 51.2 Å². The van der Waals surface area contributed by atoms with Gasteiger partial charge in [-0.25, -0.2) is 0 Å². The Kier molecular flexibility index (Phi) is 6.22. The molecular formula is C17H12F3N5O3S2. The lowest BCUT2D eigenvalue weighted by atomic mass is 10.2. The van der Waals surface area contributed by atoms with Gasteiger partial charge in [0.1, 0.15) is 0 Å². The highest BCUT2D eigenvalue weighted by Gasteiger charge is 2.33. The van der Waals surface area contributed by atoms with E-state index < -0.39 is 22.4 Å². The Morgan fingerprint density at radius 2 is 1.90 bits per heavy atom. The van der Waals surface area contributed by atoms with Crippen molar-refractivity contribution in [3.63, 3.8) is 0 Å². The fourth-order valence-electron chi connectivity index (χ4n) is 2.32. The second-order valence-corrected chi connectivity index (χ2v) is 8.07. The van der Waals surface area contributed by atoms with Crippen molar-refractivity contribution in [3.05, 3.63) is 58.1 Å². The molecule has 3 rings (SSSR count). The first-order valence-electron chi connectivity index (χ1n) is 8.13. The number of alkyl halides is 3. The summed E-state index contributed by atoms with van der Waals surface area (Å²) in [7, 11) is 0. The molecule has 13 heteroatoms. The molecule has 0 aliphatic heterocycles. The van der Waals surface area contributed by atoms with Gasteiger partial charge in [-0.15, -0.1) is 10.2 Å². The van der Waals surface area contributed by atoms with Gasteiger partial charge in [-0.3, -0.25) is 14.9 Å². The summed E-state index contributed by atoms with van der Waals surface area (Å²) in [5.41, 5.74) is -0.568. The number of hydrogen-bond donors (Lipinski definition) is 2. The lowest BCUT2D eigenvalue weighted by Crippen LogP contribution is -2.05. The van der Waals surface area contributed by atoms with E-state index in [1.54, 1.807) is 24.3 Å². The van der Waals surface area contributed by atoms with Gasteiger partial charge in [-0.05, 0) is 42.1 Å². The number of nitrogens with zero attached hydrogens (tertiary/aromatic N) is 3. The van der Waals surface area contributed by atoms with Gasteiger partial charge >= 0.3 is 6.18 Å². The first-order chi connectivity index (χ1) is 14.1. The largest absolute Gasteiger partial charge is 0.416 e. The molecule has 30 heavy (non-hydrogen) atoms.